The van der Waals surface area contributed by atoms with Gasteiger partial charge < -0.3 is 10.5 Å². The van der Waals surface area contributed by atoms with E-state index in [-0.39, 0.29) is 5.84 Å². The van der Waals surface area contributed by atoms with Crippen LogP contribution in [-0.4, -0.2) is 24.6 Å². The van der Waals surface area contributed by atoms with Gasteiger partial charge in [-0.2, -0.15) is 0 Å². The Balaban J connectivity index is 2.69. The summed E-state index contributed by atoms with van der Waals surface area (Å²) in [5.74, 6) is -0.130. The number of piperidine rings is 1. The summed E-state index contributed by atoms with van der Waals surface area (Å²) in [5, 5.41) is 10.2. The molecule has 0 amide bonds. The topological polar surface area (TPSA) is 88.2 Å². The highest BCUT2D eigenvalue weighted by Gasteiger charge is 2.36. The molecule has 68 valence electrons. The molecule has 0 aliphatic carbocycles. The molecule has 1 rings (SSSR count). The fourth-order valence-electron chi connectivity index (χ4n) is 1.35. The molecule has 0 radical (unpaired) electrons. The number of nitrogens with two attached hydrogens (primary N) is 1. The molecular formula is C7H13N3O2. The highest BCUT2D eigenvalue weighted by molar-refractivity contribution is 5.86. The number of rotatable bonds is 3. The molecule has 0 aromatic heterocycles. The molecule has 12 heavy (non-hydrogen) atoms. The molecule has 0 aromatic carbocycles. The van der Waals surface area contributed by atoms with Crippen molar-refractivity contribution in [1.29, 1.82) is 5.41 Å². The molecule has 5 heteroatoms. The van der Waals surface area contributed by atoms with E-state index in [0.29, 0.717) is 12.9 Å². The van der Waals surface area contributed by atoms with E-state index in [0.717, 1.165) is 19.4 Å². The molecule has 1 unspecified atom stereocenters. The molecule has 0 aromatic rings. The molecule has 5 nitrogen and oxygen atoms in total. The van der Waals surface area contributed by atoms with Crippen molar-refractivity contribution in [3.05, 3.63) is 0 Å². The zero-order chi connectivity index (χ0) is 9.03. The zero-order valence-corrected chi connectivity index (χ0v) is 6.80. The van der Waals surface area contributed by atoms with Crippen LogP contribution in [0.3, 0.4) is 0 Å². The first-order valence-corrected chi connectivity index (χ1v) is 3.92. The minimum atomic E-state index is -1.03. The van der Waals surface area contributed by atoms with Gasteiger partial charge in [0.05, 0.1) is 0 Å². The van der Waals surface area contributed by atoms with Crippen molar-refractivity contribution < 1.29 is 9.53 Å². The van der Waals surface area contributed by atoms with Crippen molar-refractivity contribution in [1.82, 2.24) is 5.32 Å². The van der Waals surface area contributed by atoms with Crippen molar-refractivity contribution in [2.45, 2.75) is 25.0 Å². The third kappa shape index (κ3) is 1.55. The summed E-state index contributed by atoms with van der Waals surface area (Å²) in [6, 6.07) is 0. The second kappa shape index (κ2) is 3.53. The Hall–Kier alpha value is -1.10. The van der Waals surface area contributed by atoms with Crippen molar-refractivity contribution in [3.63, 3.8) is 0 Å². The Bertz CT molecular complexity index is 187. The third-order valence-electron chi connectivity index (χ3n) is 2.05. The van der Waals surface area contributed by atoms with Crippen molar-refractivity contribution in [2.75, 3.05) is 6.54 Å². The van der Waals surface area contributed by atoms with E-state index in [9.17, 15) is 4.79 Å². The summed E-state index contributed by atoms with van der Waals surface area (Å²) < 4.78 is 4.79. The number of carbonyl (C=O) groups is 1. The number of ether oxygens (including phenoxy) is 1. The third-order valence-corrected chi connectivity index (χ3v) is 2.05. The first kappa shape index (κ1) is 8.99. The second-order valence-corrected chi connectivity index (χ2v) is 2.84. The van der Waals surface area contributed by atoms with Gasteiger partial charge in [-0.15, -0.1) is 0 Å². The van der Waals surface area contributed by atoms with Gasteiger partial charge in [0.1, 0.15) is 0 Å². The van der Waals surface area contributed by atoms with Gasteiger partial charge in [-0.25, -0.2) is 0 Å². The maximum Gasteiger partial charge on any atom is 0.295 e. The average molecular weight is 171 g/mol. The monoisotopic (exact) mass is 171 g/mol. The lowest BCUT2D eigenvalue weighted by molar-refractivity contribution is -0.141. The normalized spacial score (nSPS) is 29.3. The Kier molecular flexibility index (Phi) is 2.65. The van der Waals surface area contributed by atoms with E-state index in [2.05, 4.69) is 5.32 Å². The summed E-state index contributed by atoms with van der Waals surface area (Å²) in [7, 11) is 0. The van der Waals surface area contributed by atoms with Crippen LogP contribution in [0, 0.1) is 5.41 Å². The molecule has 1 aliphatic heterocycles. The van der Waals surface area contributed by atoms with Gasteiger partial charge in [0, 0.05) is 6.42 Å². The zero-order valence-electron chi connectivity index (χ0n) is 6.80. The van der Waals surface area contributed by atoms with Crippen LogP contribution in [0.1, 0.15) is 19.3 Å². The van der Waals surface area contributed by atoms with Crippen LogP contribution in [0.15, 0.2) is 0 Å². The maximum atomic E-state index is 10.2. The molecule has 1 atom stereocenters. The lowest BCUT2D eigenvalue weighted by atomic mass is 10.00. The molecule has 1 saturated heterocycles. The highest BCUT2D eigenvalue weighted by atomic mass is 16.6. The van der Waals surface area contributed by atoms with E-state index in [1.54, 1.807) is 0 Å². The van der Waals surface area contributed by atoms with E-state index in [4.69, 9.17) is 15.9 Å². The van der Waals surface area contributed by atoms with Crippen LogP contribution in [0.4, 0.5) is 0 Å². The van der Waals surface area contributed by atoms with Crippen LogP contribution in [0.2, 0.25) is 0 Å². The van der Waals surface area contributed by atoms with Gasteiger partial charge in [0.15, 0.2) is 5.84 Å². The van der Waals surface area contributed by atoms with Gasteiger partial charge in [-0.3, -0.25) is 15.5 Å². The Morgan fingerprint density at radius 2 is 2.42 bits per heavy atom. The summed E-state index contributed by atoms with van der Waals surface area (Å²) in [6.45, 7) is 1.06. The fraction of sp³-hybridized carbons (Fsp3) is 0.714. The van der Waals surface area contributed by atoms with Gasteiger partial charge >= 0.3 is 0 Å². The summed E-state index contributed by atoms with van der Waals surface area (Å²) >= 11 is 0. The lowest BCUT2D eigenvalue weighted by Gasteiger charge is -2.34. The summed E-state index contributed by atoms with van der Waals surface area (Å²) in [5.41, 5.74) is 4.30. The number of hydrogen-bond acceptors (Lipinski definition) is 4. The van der Waals surface area contributed by atoms with E-state index in [1.807, 2.05) is 0 Å². The quantitative estimate of drug-likeness (QED) is 0.305. The highest BCUT2D eigenvalue weighted by Crippen LogP contribution is 2.19. The molecule has 1 fully saturated rings. The Morgan fingerprint density at radius 3 is 2.83 bits per heavy atom. The fourth-order valence-corrected chi connectivity index (χ4v) is 1.35. The first-order chi connectivity index (χ1) is 5.71. The minimum absolute atomic E-state index is 0.130. The lowest BCUT2D eigenvalue weighted by Crippen LogP contribution is -2.59. The maximum absolute atomic E-state index is 10.2. The smallest absolute Gasteiger partial charge is 0.295 e. The molecule has 1 heterocycles. The largest absolute Gasteiger partial charge is 0.438 e. The Labute approximate surface area is 70.8 Å². The number of carbonyl (C=O) groups excluding carboxylic acids is 1. The molecule has 0 spiro atoms. The van der Waals surface area contributed by atoms with Gasteiger partial charge in [0.2, 0.25) is 5.72 Å². The van der Waals surface area contributed by atoms with Crippen LogP contribution in [-0.2, 0) is 9.53 Å². The predicted molar refractivity (Wildman–Crippen MR) is 43.6 cm³/mol. The van der Waals surface area contributed by atoms with Gasteiger partial charge in [0.25, 0.3) is 6.47 Å². The van der Waals surface area contributed by atoms with E-state index in [1.165, 1.54) is 0 Å². The van der Waals surface area contributed by atoms with Gasteiger partial charge in [-0.05, 0) is 19.4 Å². The average Bonchev–Trinajstić information content (AvgIpc) is 2.06. The predicted octanol–water partition coefficient (Wildman–Crippen LogP) is -0.435. The molecule has 1 aliphatic rings. The summed E-state index contributed by atoms with van der Waals surface area (Å²) in [4.78, 5) is 10.2. The molecule has 4 N–H and O–H groups in total. The van der Waals surface area contributed by atoms with Crippen LogP contribution >= 0.6 is 0 Å². The van der Waals surface area contributed by atoms with Crippen LogP contribution < -0.4 is 11.1 Å². The second-order valence-electron chi connectivity index (χ2n) is 2.84. The first-order valence-electron chi connectivity index (χ1n) is 3.92. The number of hydrogen-bond donors (Lipinski definition) is 3. The SMILES string of the molecule is N=C(N)C1(OC=O)CCCCN1. The van der Waals surface area contributed by atoms with Crippen LogP contribution in [0.5, 0.6) is 0 Å². The summed E-state index contributed by atoms with van der Waals surface area (Å²) in [6.07, 6.45) is 2.53. The van der Waals surface area contributed by atoms with Gasteiger partial charge in [-0.1, -0.05) is 0 Å². The van der Waals surface area contributed by atoms with E-state index >= 15 is 0 Å². The van der Waals surface area contributed by atoms with Crippen LogP contribution in [0.25, 0.3) is 0 Å². The van der Waals surface area contributed by atoms with Crippen molar-refractivity contribution in [3.8, 4) is 0 Å². The Morgan fingerprint density at radius 1 is 1.67 bits per heavy atom. The molecule has 0 bridgehead atoms. The number of amidine groups is 1. The molecule has 0 saturated carbocycles. The van der Waals surface area contributed by atoms with Crippen molar-refractivity contribution in [2.24, 2.45) is 5.73 Å². The van der Waals surface area contributed by atoms with Crippen molar-refractivity contribution >= 4 is 12.3 Å². The number of nitrogens with one attached hydrogen (secondary N) is 2. The standard InChI is InChI=1S/C7H13N3O2/c8-6(9)7(12-5-11)3-1-2-4-10-7/h5,10H,1-4H2,(H3,8,9). The minimum Gasteiger partial charge on any atom is -0.438 e. The van der Waals surface area contributed by atoms with E-state index < -0.39 is 5.72 Å². The molecular weight excluding hydrogens is 158 g/mol.